The number of carbonyl (C=O) groups is 2. The monoisotopic (exact) mass is 370 g/mol. The SMILES string of the molecule is Cc1ccc(C(=O)N2CCSC23CCN(C(=O)c2ccco2)CC3)cc1. The lowest BCUT2D eigenvalue weighted by atomic mass is 10.0. The Kier molecular flexibility index (Phi) is 4.53. The molecule has 0 unspecified atom stereocenters. The number of aryl methyl sites for hydroxylation is 1. The molecule has 3 heterocycles. The van der Waals surface area contributed by atoms with Crippen LogP contribution in [-0.2, 0) is 0 Å². The highest BCUT2D eigenvalue weighted by atomic mass is 32.2. The van der Waals surface area contributed by atoms with Gasteiger partial charge in [-0.1, -0.05) is 17.7 Å². The molecule has 1 aromatic heterocycles. The topological polar surface area (TPSA) is 53.8 Å². The molecule has 2 saturated heterocycles. The van der Waals surface area contributed by atoms with Gasteiger partial charge in [0, 0.05) is 31.0 Å². The van der Waals surface area contributed by atoms with Gasteiger partial charge in [-0.15, -0.1) is 11.8 Å². The molecule has 2 amide bonds. The Morgan fingerprint density at radius 1 is 1.04 bits per heavy atom. The number of furan rings is 1. The molecule has 2 fully saturated rings. The highest BCUT2D eigenvalue weighted by Gasteiger charge is 2.47. The number of carbonyl (C=O) groups excluding carboxylic acids is 2. The number of amides is 2. The Hall–Kier alpha value is -2.21. The number of nitrogens with zero attached hydrogens (tertiary/aromatic N) is 2. The molecule has 4 rings (SSSR count). The summed E-state index contributed by atoms with van der Waals surface area (Å²) in [4.78, 5) is 29.2. The average Bonchev–Trinajstić information content (AvgIpc) is 3.32. The lowest BCUT2D eigenvalue weighted by Crippen LogP contribution is -2.53. The van der Waals surface area contributed by atoms with E-state index in [1.807, 2.05) is 52.8 Å². The normalized spacial score (nSPS) is 19.1. The quantitative estimate of drug-likeness (QED) is 0.813. The van der Waals surface area contributed by atoms with Crippen molar-refractivity contribution in [3.63, 3.8) is 0 Å². The van der Waals surface area contributed by atoms with Crippen LogP contribution in [0.25, 0.3) is 0 Å². The molecule has 2 aliphatic rings. The van der Waals surface area contributed by atoms with Gasteiger partial charge in [-0.25, -0.2) is 0 Å². The summed E-state index contributed by atoms with van der Waals surface area (Å²) in [6.45, 7) is 4.07. The summed E-state index contributed by atoms with van der Waals surface area (Å²) in [6.07, 6.45) is 3.11. The van der Waals surface area contributed by atoms with Crippen molar-refractivity contribution in [2.45, 2.75) is 24.6 Å². The molecule has 2 aromatic rings. The van der Waals surface area contributed by atoms with E-state index in [-0.39, 0.29) is 16.7 Å². The van der Waals surface area contributed by atoms with Crippen LogP contribution in [0.3, 0.4) is 0 Å². The lowest BCUT2D eigenvalue weighted by molar-refractivity contribution is 0.0483. The van der Waals surface area contributed by atoms with Crippen LogP contribution in [0.5, 0.6) is 0 Å². The minimum absolute atomic E-state index is 0.0655. The molecule has 0 aliphatic carbocycles. The van der Waals surface area contributed by atoms with Gasteiger partial charge in [0.1, 0.15) is 0 Å². The lowest BCUT2D eigenvalue weighted by Gasteiger charge is -2.44. The van der Waals surface area contributed by atoms with Gasteiger partial charge in [-0.2, -0.15) is 0 Å². The second kappa shape index (κ2) is 6.83. The third-order valence-electron chi connectivity index (χ3n) is 5.29. The van der Waals surface area contributed by atoms with Crippen LogP contribution in [0.2, 0.25) is 0 Å². The molecule has 1 spiro atoms. The number of hydrogen-bond donors (Lipinski definition) is 0. The standard InChI is InChI=1S/C20H22N2O3S/c1-15-4-6-16(7-5-15)18(23)22-12-14-26-20(22)8-10-21(11-9-20)19(24)17-3-2-13-25-17/h2-7,13H,8-12,14H2,1H3. The number of likely N-dealkylation sites (tertiary alicyclic amines) is 1. The molecule has 5 nitrogen and oxygen atoms in total. The molecule has 0 saturated carbocycles. The number of hydrogen-bond acceptors (Lipinski definition) is 4. The van der Waals surface area contributed by atoms with Crippen LogP contribution in [0.15, 0.2) is 47.1 Å². The zero-order chi connectivity index (χ0) is 18.1. The molecule has 0 bridgehead atoms. The Morgan fingerprint density at radius 3 is 2.42 bits per heavy atom. The largest absolute Gasteiger partial charge is 0.459 e. The predicted octanol–water partition coefficient (Wildman–Crippen LogP) is 3.41. The van der Waals surface area contributed by atoms with Crippen molar-refractivity contribution in [2.24, 2.45) is 0 Å². The minimum Gasteiger partial charge on any atom is -0.459 e. The Morgan fingerprint density at radius 2 is 1.77 bits per heavy atom. The first-order valence-electron chi connectivity index (χ1n) is 8.94. The third kappa shape index (κ3) is 3.03. The van der Waals surface area contributed by atoms with Gasteiger partial charge in [-0.3, -0.25) is 9.59 Å². The fourth-order valence-electron chi connectivity index (χ4n) is 3.78. The van der Waals surface area contributed by atoms with E-state index in [2.05, 4.69) is 0 Å². The van der Waals surface area contributed by atoms with E-state index in [0.29, 0.717) is 18.8 Å². The van der Waals surface area contributed by atoms with Gasteiger partial charge in [0.25, 0.3) is 11.8 Å². The zero-order valence-corrected chi connectivity index (χ0v) is 15.6. The van der Waals surface area contributed by atoms with Crippen LogP contribution in [0, 0.1) is 6.92 Å². The van der Waals surface area contributed by atoms with E-state index in [9.17, 15) is 9.59 Å². The first-order valence-corrected chi connectivity index (χ1v) is 9.93. The van der Waals surface area contributed by atoms with Crippen LogP contribution >= 0.6 is 11.8 Å². The second-order valence-electron chi connectivity index (χ2n) is 6.89. The van der Waals surface area contributed by atoms with Gasteiger partial charge in [0.05, 0.1) is 11.1 Å². The average molecular weight is 370 g/mol. The molecule has 0 atom stereocenters. The maximum absolute atomic E-state index is 13.1. The van der Waals surface area contributed by atoms with Crippen molar-refractivity contribution in [1.29, 1.82) is 0 Å². The van der Waals surface area contributed by atoms with E-state index in [1.165, 1.54) is 6.26 Å². The van der Waals surface area contributed by atoms with Crippen molar-refractivity contribution in [3.8, 4) is 0 Å². The summed E-state index contributed by atoms with van der Waals surface area (Å²) in [5.41, 5.74) is 1.89. The van der Waals surface area contributed by atoms with E-state index in [0.717, 1.165) is 36.3 Å². The summed E-state index contributed by atoms with van der Waals surface area (Å²) >= 11 is 1.85. The van der Waals surface area contributed by atoms with Crippen molar-refractivity contribution in [2.75, 3.05) is 25.4 Å². The summed E-state index contributed by atoms with van der Waals surface area (Å²) in [5.74, 6) is 1.36. The number of benzene rings is 1. The van der Waals surface area contributed by atoms with Gasteiger partial charge in [0.15, 0.2) is 5.76 Å². The van der Waals surface area contributed by atoms with Crippen molar-refractivity contribution >= 4 is 23.6 Å². The van der Waals surface area contributed by atoms with E-state index in [4.69, 9.17) is 4.42 Å². The van der Waals surface area contributed by atoms with Gasteiger partial charge >= 0.3 is 0 Å². The molecule has 136 valence electrons. The van der Waals surface area contributed by atoms with Crippen LogP contribution in [0.4, 0.5) is 0 Å². The Bertz CT molecular complexity index is 793. The zero-order valence-electron chi connectivity index (χ0n) is 14.8. The predicted molar refractivity (Wildman–Crippen MR) is 101 cm³/mol. The fraction of sp³-hybridized carbons (Fsp3) is 0.400. The van der Waals surface area contributed by atoms with E-state index in [1.54, 1.807) is 12.1 Å². The molecule has 2 aliphatic heterocycles. The molecule has 1 aromatic carbocycles. The summed E-state index contributed by atoms with van der Waals surface area (Å²) in [7, 11) is 0. The Balaban J connectivity index is 1.47. The van der Waals surface area contributed by atoms with E-state index < -0.39 is 0 Å². The fourth-order valence-corrected chi connectivity index (χ4v) is 5.23. The molecular weight excluding hydrogens is 348 g/mol. The first-order chi connectivity index (χ1) is 12.6. The number of piperidine rings is 1. The maximum atomic E-state index is 13.1. The smallest absolute Gasteiger partial charge is 0.289 e. The molecule has 0 N–H and O–H groups in total. The maximum Gasteiger partial charge on any atom is 0.289 e. The van der Waals surface area contributed by atoms with Crippen molar-refractivity contribution in [1.82, 2.24) is 9.80 Å². The van der Waals surface area contributed by atoms with Gasteiger partial charge < -0.3 is 14.2 Å². The van der Waals surface area contributed by atoms with Crippen LogP contribution < -0.4 is 0 Å². The highest BCUT2D eigenvalue weighted by molar-refractivity contribution is 8.00. The highest BCUT2D eigenvalue weighted by Crippen LogP contribution is 2.44. The number of rotatable bonds is 2. The van der Waals surface area contributed by atoms with Crippen LogP contribution in [-0.4, -0.2) is 51.9 Å². The van der Waals surface area contributed by atoms with E-state index >= 15 is 0 Å². The van der Waals surface area contributed by atoms with Crippen LogP contribution in [0.1, 0.15) is 39.3 Å². The molecule has 0 radical (unpaired) electrons. The second-order valence-corrected chi connectivity index (χ2v) is 8.34. The molecular formula is C20H22N2O3S. The summed E-state index contributed by atoms with van der Waals surface area (Å²) in [6, 6.07) is 11.2. The molecule has 26 heavy (non-hydrogen) atoms. The van der Waals surface area contributed by atoms with Crippen molar-refractivity contribution < 1.29 is 14.0 Å². The summed E-state index contributed by atoms with van der Waals surface area (Å²) < 4.78 is 5.23. The first kappa shape index (κ1) is 17.2. The third-order valence-corrected chi connectivity index (χ3v) is 6.84. The van der Waals surface area contributed by atoms with Crippen molar-refractivity contribution in [3.05, 3.63) is 59.5 Å². The number of thioether (sulfide) groups is 1. The van der Waals surface area contributed by atoms with Gasteiger partial charge in [-0.05, 0) is 44.0 Å². The Labute approximate surface area is 157 Å². The van der Waals surface area contributed by atoms with Gasteiger partial charge in [0.2, 0.25) is 0 Å². The minimum atomic E-state index is -0.193. The molecule has 6 heteroatoms. The summed E-state index contributed by atoms with van der Waals surface area (Å²) in [5, 5.41) is 0.